The van der Waals surface area contributed by atoms with Crippen molar-refractivity contribution in [3.05, 3.63) is 71.8 Å². The van der Waals surface area contributed by atoms with Crippen molar-refractivity contribution in [1.82, 2.24) is 21.3 Å². The molecule has 0 aliphatic carbocycles. The average Bonchev–Trinajstić information content (AvgIpc) is 1.65. The molecule has 39 heteroatoms. The fraction of sp³-hybridized carbons (Fsp3) is 0.662. The first-order valence-corrected chi connectivity index (χ1v) is 54.1. The Labute approximate surface area is 803 Å². The molecule has 2 fully saturated rings. The van der Waals surface area contributed by atoms with Crippen LogP contribution in [0.1, 0.15) is 181 Å². The number of Topliss-reactive ketones (excluding diaryl/α,β-unsaturated/α-hetero) is 6. The van der Waals surface area contributed by atoms with Crippen LogP contribution in [0.25, 0.3) is 0 Å². The first-order valence-electron chi connectivity index (χ1n) is 35.1. The number of carbonyl (C=O) groups excluding carboxylic acids is 12. The molecule has 2 aromatic rings. The third-order valence-corrected chi connectivity index (χ3v) is 17.6. The van der Waals surface area contributed by atoms with Crippen molar-refractivity contribution in [2.45, 2.75) is 229 Å². The molecule has 2 heterocycles. The molecule has 0 aromatic heterocycles. The molecule has 0 spiro atoms. The standard InChI is InChI=1S/2C35H53N2O13P.CH4.3K.3Na.H2O.H/c2*1-21(2)15-28(36-32(41)26(17-23(5)38)14-13-25-11-9-8-10-12-25)30(39)18-27(24(6)50-34(43)47-20-49-51(44,45)46)33(42)37-29(16-22(3)4)31(40)35(7)19-48-35;;;;;;;;;/h2*8-12,21-22,24,26-29H,13-20H2,1-7H3,(H,36,41)(H,37,42)(H2,44,45,46);1H4;;;;;;;1H2;/q;;;;;4*+1;;-1/p-3/t2*24-,26-,27+,28+,29+,35-;;;;;;;;;/m11........./s1. The van der Waals surface area contributed by atoms with Crippen LogP contribution in [0.5, 0.6) is 0 Å². The van der Waals surface area contributed by atoms with Crippen molar-refractivity contribution in [3.8, 4) is 0 Å². The van der Waals surface area contributed by atoms with Crippen LogP contribution in [0.4, 0.5) is 9.59 Å². The number of ketones is 6. The van der Waals surface area contributed by atoms with Gasteiger partial charge in [-0.1, -0.05) is 123 Å². The number of phosphoric acid groups is 2. The number of rotatable bonds is 46. The van der Waals surface area contributed by atoms with E-state index in [4.69, 9.17) is 28.7 Å². The van der Waals surface area contributed by atoms with E-state index >= 15 is 0 Å². The molecular weight excluding hydrogens is 1590 g/mol. The van der Waals surface area contributed by atoms with E-state index in [1.54, 1.807) is 13.8 Å². The van der Waals surface area contributed by atoms with Crippen LogP contribution in [0.3, 0.4) is 0 Å². The van der Waals surface area contributed by atoms with Gasteiger partial charge in [0, 0.05) is 37.5 Å². The number of ether oxygens (including phenoxy) is 6. The van der Waals surface area contributed by atoms with E-state index in [-0.39, 0.29) is 253 Å². The number of hydrogen-bond donors (Lipinski definition) is 6. The van der Waals surface area contributed by atoms with Gasteiger partial charge in [-0.05, 0) is 128 Å². The third-order valence-electron chi connectivity index (χ3n) is 16.8. The Kier molecular flexibility index (Phi) is 65.6. The maximum absolute atomic E-state index is 14.0. The van der Waals surface area contributed by atoms with Crippen LogP contribution in [0.2, 0.25) is 0 Å². The minimum Gasteiger partial charge on any atom is -0.870 e. The first kappa shape index (κ1) is 119. The van der Waals surface area contributed by atoms with Crippen LogP contribution in [-0.2, 0) is 107 Å². The zero-order valence-corrected chi connectivity index (χ0v) is 84.4. The topological polar surface area (TPSA) is 484 Å². The van der Waals surface area contributed by atoms with Crippen LogP contribution in [0, 0.1) is 47.3 Å². The van der Waals surface area contributed by atoms with E-state index in [0.717, 1.165) is 11.1 Å². The Hall–Kier alpha value is 0.889. The van der Waals surface area contributed by atoms with E-state index in [1.807, 2.05) is 116 Å². The Balaban J connectivity index is -0.000000457. The quantitative estimate of drug-likeness (QED) is 0.0118. The molecule has 4 rings (SSSR count). The van der Waals surface area contributed by atoms with Gasteiger partial charge in [0.2, 0.25) is 30.4 Å². The number of nitrogens with one attached hydrogen (secondary N) is 4. The molecular formula is C71H110K3N4Na3O27P2. The molecule has 0 radical (unpaired) electrons. The number of phosphoric ester groups is 2. The van der Waals surface area contributed by atoms with E-state index in [1.165, 1.54) is 90.8 Å². The predicted molar refractivity (Wildman–Crippen MR) is 384 cm³/mol. The molecule has 2 aliphatic heterocycles. The Morgan fingerprint density at radius 1 is 0.509 bits per heavy atom. The van der Waals surface area contributed by atoms with E-state index in [0.29, 0.717) is 25.7 Å². The van der Waals surface area contributed by atoms with Crippen LogP contribution in [-0.4, -0.2) is 223 Å². The molecule has 0 saturated carbocycles. The SMILES string of the molecule is C.CC(=O)C[C@@H](CCc1ccccc1)C(=O)N[C@@H](CC(C)C)C(=O)C[C@H](C(=O)N[C@@H](CC(C)C)C(=O)[C@@]1(C)CO1)[C@@H](C)OC(=O)OCOP(=O)(O)O.CC(=O)C[C@@H](CCc1ccccc1)C(=O)N[C@@H](CC(C)C)C(=O)C[C@H](C(=O)N[C@@H](CC(C)C)C(=O)[C@@]1(C)CO1)[C@@H](C)OC(=O)OCOP(=O)([O-])[O-].[H-].[K+].[K][K].[Na+].[Na+].[Na+].[OH-]. The van der Waals surface area contributed by atoms with Crippen molar-refractivity contribution in [2.24, 2.45) is 47.3 Å². The van der Waals surface area contributed by atoms with Gasteiger partial charge in [0.15, 0.2) is 29.9 Å². The average molecular weight is 1700 g/mol. The number of hydrogen-bond acceptors (Lipinski definition) is 25. The summed E-state index contributed by atoms with van der Waals surface area (Å²) in [5.41, 5.74) is -0.171. The molecule has 0 bridgehead atoms. The van der Waals surface area contributed by atoms with E-state index < -0.39 is 161 Å². The van der Waals surface area contributed by atoms with Crippen LogP contribution in [0.15, 0.2) is 60.7 Å². The smallest absolute Gasteiger partial charge is 0.870 e. The number of carbonyl (C=O) groups is 12. The summed E-state index contributed by atoms with van der Waals surface area (Å²) in [5.74, 6) is -9.26. The molecule has 592 valence electrons. The van der Waals surface area contributed by atoms with Gasteiger partial charge in [0.25, 0.3) is 0 Å². The second kappa shape index (κ2) is 60.4. The number of amides is 4. The summed E-state index contributed by atoms with van der Waals surface area (Å²) in [5, 5.41) is 11.0. The Morgan fingerprint density at radius 3 is 1.05 bits per heavy atom. The summed E-state index contributed by atoms with van der Waals surface area (Å²) >= 11 is 2.50. The van der Waals surface area contributed by atoms with Crippen molar-refractivity contribution in [2.75, 3.05) is 26.8 Å². The molecule has 2 aliphatic rings. The van der Waals surface area contributed by atoms with Gasteiger partial charge in [-0.3, -0.25) is 38.4 Å². The molecule has 31 nitrogen and oxygen atoms in total. The zero-order chi connectivity index (χ0) is 79.0. The molecule has 7 N–H and O–H groups in total. The van der Waals surface area contributed by atoms with Crippen molar-refractivity contribution >= 4 is 149 Å². The molecule has 2 saturated heterocycles. The van der Waals surface area contributed by atoms with Gasteiger partial charge in [0.05, 0.1) is 57.0 Å². The summed E-state index contributed by atoms with van der Waals surface area (Å²) in [7, 11) is -10.4. The molecule has 4 amide bonds. The van der Waals surface area contributed by atoms with Crippen molar-refractivity contribution in [1.29, 1.82) is 0 Å². The van der Waals surface area contributed by atoms with Gasteiger partial charge < -0.3 is 94.8 Å². The molecule has 2 aromatic carbocycles. The van der Waals surface area contributed by atoms with Gasteiger partial charge >= 0.3 is 223 Å². The molecule has 0 unspecified atom stereocenters. The van der Waals surface area contributed by atoms with Gasteiger partial charge in [-0.25, -0.2) is 18.7 Å². The monoisotopic (exact) mass is 1700 g/mol. The van der Waals surface area contributed by atoms with Gasteiger partial charge in [-0.2, -0.15) is 0 Å². The zero-order valence-electron chi connectivity index (χ0n) is 68.2. The minimum atomic E-state index is -5.46. The third kappa shape index (κ3) is 50.2. The van der Waals surface area contributed by atoms with Gasteiger partial charge in [-0.15, -0.1) is 0 Å². The Bertz CT molecular complexity index is 3080. The second-order valence-electron chi connectivity index (χ2n) is 28.2. The van der Waals surface area contributed by atoms with Crippen LogP contribution < -0.4 is 171 Å². The predicted octanol–water partition coefficient (Wildman–Crippen LogP) is -5.80. The van der Waals surface area contributed by atoms with Crippen LogP contribution >= 0.6 is 15.6 Å². The largest absolute Gasteiger partial charge is 1.00 e. The second-order valence-corrected chi connectivity index (χ2v) is 30.6. The number of aryl methyl sites for hydroxylation is 2. The van der Waals surface area contributed by atoms with E-state index in [9.17, 15) is 76.5 Å². The summed E-state index contributed by atoms with van der Waals surface area (Å²) in [6, 6.07) is 14.8. The van der Waals surface area contributed by atoms with Crippen molar-refractivity contribution in [3.63, 3.8) is 0 Å². The van der Waals surface area contributed by atoms with Crippen molar-refractivity contribution < 1.29 is 271 Å². The summed E-state index contributed by atoms with van der Waals surface area (Å²) in [6.45, 7) is 21.3. The maximum Gasteiger partial charge on any atom is 1.00 e. The van der Waals surface area contributed by atoms with E-state index in [2.05, 4.69) is 39.8 Å². The Morgan fingerprint density at radius 2 is 0.791 bits per heavy atom. The van der Waals surface area contributed by atoms with Gasteiger partial charge in [0.1, 0.15) is 35.0 Å². The fourth-order valence-corrected chi connectivity index (χ4v) is 11.4. The molecule has 12 atom stereocenters. The summed E-state index contributed by atoms with van der Waals surface area (Å²) in [4.78, 5) is 197. The normalized spacial score (nSPS) is 17.3. The first-order chi connectivity index (χ1) is 48.4. The number of benzene rings is 2. The molecule has 110 heavy (non-hydrogen) atoms. The minimum absolute atomic E-state index is 0. The number of epoxide rings is 2. The summed E-state index contributed by atoms with van der Waals surface area (Å²) < 4.78 is 59.7. The summed E-state index contributed by atoms with van der Waals surface area (Å²) in [6.07, 6.45) is -4.18. The maximum atomic E-state index is 14.0. The fourth-order valence-electron chi connectivity index (χ4n) is 11.1.